The van der Waals surface area contributed by atoms with Crippen molar-refractivity contribution in [2.45, 2.75) is 34.2 Å². The van der Waals surface area contributed by atoms with Gasteiger partial charge < -0.3 is 19.5 Å². The maximum absolute atomic E-state index is 13.3. The number of benzene rings is 2. The van der Waals surface area contributed by atoms with E-state index in [1.54, 1.807) is 12.1 Å². The number of anilines is 1. The van der Waals surface area contributed by atoms with Gasteiger partial charge in [-0.25, -0.2) is 4.99 Å². The summed E-state index contributed by atoms with van der Waals surface area (Å²) in [6.45, 7) is 8.34. The Bertz CT molecular complexity index is 1240. The molecular formula is C26H33N5O4. The molecule has 0 radical (unpaired) electrons. The van der Waals surface area contributed by atoms with Crippen LogP contribution in [0.5, 0.6) is 17.2 Å². The lowest BCUT2D eigenvalue weighted by atomic mass is 10.1. The summed E-state index contributed by atoms with van der Waals surface area (Å²) in [5, 5.41) is 10.6. The zero-order valence-corrected chi connectivity index (χ0v) is 21.6. The van der Waals surface area contributed by atoms with E-state index in [2.05, 4.69) is 21.8 Å². The van der Waals surface area contributed by atoms with E-state index in [0.717, 1.165) is 33.8 Å². The normalized spacial score (nSPS) is 11.3. The topological polar surface area (TPSA) is 99.0 Å². The zero-order valence-electron chi connectivity index (χ0n) is 21.6. The van der Waals surface area contributed by atoms with Crippen LogP contribution < -0.4 is 24.8 Å². The number of hydrogen-bond acceptors (Lipinski definition) is 6. The summed E-state index contributed by atoms with van der Waals surface area (Å²) in [6, 6.07) is 9.23. The second-order valence-electron chi connectivity index (χ2n) is 8.25. The predicted octanol–water partition coefficient (Wildman–Crippen LogP) is 4.08. The average molecular weight is 480 g/mol. The van der Waals surface area contributed by atoms with Crippen LogP contribution in [0, 0.1) is 27.7 Å². The number of methoxy groups -OCH3 is 3. The minimum Gasteiger partial charge on any atom is -0.493 e. The van der Waals surface area contributed by atoms with Crippen LogP contribution in [0.15, 0.2) is 35.3 Å². The van der Waals surface area contributed by atoms with Crippen LogP contribution in [0.4, 0.5) is 5.69 Å². The molecule has 3 aromatic rings. The highest BCUT2D eigenvalue weighted by molar-refractivity contribution is 6.10. The molecule has 35 heavy (non-hydrogen) atoms. The van der Waals surface area contributed by atoms with Crippen LogP contribution in [0.3, 0.4) is 0 Å². The van der Waals surface area contributed by atoms with Crippen molar-refractivity contribution in [3.63, 3.8) is 0 Å². The molecule has 0 fully saturated rings. The molecule has 0 saturated heterocycles. The Labute approximate surface area is 206 Å². The third-order valence-corrected chi connectivity index (χ3v) is 5.85. The summed E-state index contributed by atoms with van der Waals surface area (Å²) in [4.78, 5) is 18.0. The maximum atomic E-state index is 13.3. The van der Waals surface area contributed by atoms with Gasteiger partial charge >= 0.3 is 0 Å². The summed E-state index contributed by atoms with van der Waals surface area (Å²) in [5.41, 5.74) is 6.30. The van der Waals surface area contributed by atoms with Crippen molar-refractivity contribution in [3.05, 3.63) is 64.0 Å². The fourth-order valence-electron chi connectivity index (χ4n) is 3.79. The third-order valence-electron chi connectivity index (χ3n) is 5.85. The first-order chi connectivity index (χ1) is 16.7. The van der Waals surface area contributed by atoms with Crippen molar-refractivity contribution >= 4 is 17.6 Å². The molecule has 9 heteroatoms. The number of aromatic nitrogens is 2. The molecule has 9 nitrogen and oxygen atoms in total. The number of nitrogens with one attached hydrogen (secondary N) is 2. The number of amides is 1. The molecule has 0 unspecified atom stereocenters. The molecule has 0 atom stereocenters. The lowest BCUT2D eigenvalue weighted by Crippen LogP contribution is -2.36. The Morgan fingerprint density at radius 2 is 1.66 bits per heavy atom. The number of aryl methyl sites for hydroxylation is 4. The number of rotatable bonds is 7. The molecule has 2 N–H and O–H groups in total. The van der Waals surface area contributed by atoms with Gasteiger partial charge in [0.2, 0.25) is 11.7 Å². The summed E-state index contributed by atoms with van der Waals surface area (Å²) < 4.78 is 18.0. The van der Waals surface area contributed by atoms with Gasteiger partial charge in [0.1, 0.15) is 0 Å². The van der Waals surface area contributed by atoms with Crippen molar-refractivity contribution in [2.24, 2.45) is 12.0 Å². The van der Waals surface area contributed by atoms with Crippen molar-refractivity contribution in [1.82, 2.24) is 15.1 Å². The molecule has 186 valence electrons. The number of ether oxygens (including phenoxy) is 3. The van der Waals surface area contributed by atoms with E-state index in [-0.39, 0.29) is 5.91 Å². The molecule has 1 amide bonds. The number of nitrogens with zero attached hydrogens (tertiary/aromatic N) is 3. The fraction of sp³-hybridized carbons (Fsp3) is 0.346. The Balaban J connectivity index is 1.96. The van der Waals surface area contributed by atoms with Crippen LogP contribution in [-0.4, -0.2) is 43.0 Å². The first-order valence-electron chi connectivity index (χ1n) is 11.2. The predicted molar refractivity (Wildman–Crippen MR) is 137 cm³/mol. The molecule has 0 bridgehead atoms. The van der Waals surface area contributed by atoms with Gasteiger partial charge in [-0.05, 0) is 51.5 Å². The smallest absolute Gasteiger partial charge is 0.258 e. The first-order valence-corrected chi connectivity index (χ1v) is 11.2. The lowest BCUT2D eigenvalue weighted by Gasteiger charge is -2.16. The summed E-state index contributed by atoms with van der Waals surface area (Å²) in [5.74, 6) is 1.13. The lowest BCUT2D eigenvalue weighted by molar-refractivity contribution is 0.0976. The monoisotopic (exact) mass is 479 g/mol. The average Bonchev–Trinajstić information content (AvgIpc) is 3.08. The van der Waals surface area contributed by atoms with Gasteiger partial charge in [-0.1, -0.05) is 17.7 Å². The Hall–Kier alpha value is -4.01. The van der Waals surface area contributed by atoms with E-state index in [0.29, 0.717) is 35.3 Å². The highest BCUT2D eigenvalue weighted by atomic mass is 16.5. The Morgan fingerprint density at radius 1 is 1.00 bits per heavy atom. The Morgan fingerprint density at radius 3 is 2.17 bits per heavy atom. The minimum absolute atomic E-state index is 0.318. The number of hydrogen-bond donors (Lipinski definition) is 2. The third kappa shape index (κ3) is 5.74. The molecular weight excluding hydrogens is 446 g/mol. The highest BCUT2D eigenvalue weighted by Crippen LogP contribution is 2.38. The summed E-state index contributed by atoms with van der Waals surface area (Å²) >= 11 is 0. The number of carbonyl (C=O) groups excluding carboxylic acids is 1. The molecule has 1 aromatic heterocycles. The van der Waals surface area contributed by atoms with Gasteiger partial charge in [0, 0.05) is 29.6 Å². The quantitative estimate of drug-likeness (QED) is 0.391. The van der Waals surface area contributed by atoms with E-state index < -0.39 is 0 Å². The Kier molecular flexibility index (Phi) is 8.01. The van der Waals surface area contributed by atoms with E-state index in [4.69, 9.17) is 19.2 Å². The van der Waals surface area contributed by atoms with Gasteiger partial charge in [-0.3, -0.25) is 14.8 Å². The molecule has 0 aliphatic carbocycles. The van der Waals surface area contributed by atoms with E-state index in [1.165, 1.54) is 21.3 Å². The second-order valence-corrected chi connectivity index (χ2v) is 8.25. The summed E-state index contributed by atoms with van der Waals surface area (Å²) in [6.07, 6.45) is 0. The SMILES string of the molecule is COc1cc(C(=O)NC(=NCc2c(C)nn(C)c2C)Nc2ccc(C)cc2C)cc(OC)c1OC. The van der Waals surface area contributed by atoms with Gasteiger partial charge in [-0.15, -0.1) is 0 Å². The van der Waals surface area contributed by atoms with Crippen molar-refractivity contribution < 1.29 is 19.0 Å². The van der Waals surface area contributed by atoms with Crippen LogP contribution in [-0.2, 0) is 13.6 Å². The van der Waals surface area contributed by atoms with E-state index in [1.807, 2.05) is 51.6 Å². The molecule has 0 aliphatic heterocycles. The standard InChI is InChI=1S/C26H33N5O4/c1-15-9-10-21(16(2)11-15)28-26(27-14-20-17(3)30-31(5)18(20)4)29-25(32)19-12-22(33-6)24(35-8)23(13-19)34-7/h9-13H,14H2,1-8H3,(H2,27,28,29,32). The maximum Gasteiger partial charge on any atom is 0.258 e. The molecule has 0 spiro atoms. The van der Waals surface area contributed by atoms with Gasteiger partial charge in [-0.2, -0.15) is 5.10 Å². The molecule has 1 heterocycles. The second kappa shape index (κ2) is 10.9. The van der Waals surface area contributed by atoms with E-state index in [9.17, 15) is 4.79 Å². The summed E-state index contributed by atoms with van der Waals surface area (Å²) in [7, 11) is 6.43. The molecule has 3 rings (SSSR count). The van der Waals surface area contributed by atoms with Crippen molar-refractivity contribution in [1.29, 1.82) is 0 Å². The van der Waals surface area contributed by atoms with Crippen molar-refractivity contribution in [3.8, 4) is 17.2 Å². The largest absolute Gasteiger partial charge is 0.493 e. The van der Waals surface area contributed by atoms with Crippen LogP contribution in [0.1, 0.15) is 38.4 Å². The van der Waals surface area contributed by atoms with Gasteiger partial charge in [0.05, 0.1) is 33.6 Å². The van der Waals surface area contributed by atoms with E-state index >= 15 is 0 Å². The number of aliphatic imine (C=N–C) groups is 1. The van der Waals surface area contributed by atoms with Crippen LogP contribution in [0.2, 0.25) is 0 Å². The van der Waals surface area contributed by atoms with Crippen LogP contribution in [0.25, 0.3) is 0 Å². The molecule has 0 saturated carbocycles. The minimum atomic E-state index is -0.375. The highest BCUT2D eigenvalue weighted by Gasteiger charge is 2.19. The fourth-order valence-corrected chi connectivity index (χ4v) is 3.79. The number of carbonyl (C=O) groups is 1. The van der Waals surface area contributed by atoms with Gasteiger partial charge in [0.25, 0.3) is 5.91 Å². The first kappa shape index (κ1) is 25.6. The van der Waals surface area contributed by atoms with Gasteiger partial charge in [0.15, 0.2) is 11.5 Å². The molecule has 2 aromatic carbocycles. The van der Waals surface area contributed by atoms with Crippen molar-refractivity contribution in [2.75, 3.05) is 26.6 Å². The molecule has 0 aliphatic rings. The zero-order chi connectivity index (χ0) is 25.7. The van der Waals surface area contributed by atoms with Crippen LogP contribution >= 0.6 is 0 Å². The number of guanidine groups is 1.